The predicted molar refractivity (Wildman–Crippen MR) is 144 cm³/mol. The molecule has 7 heteroatoms. The number of piperidine rings is 1. The molecule has 2 heterocycles. The molecule has 1 aliphatic heterocycles. The highest BCUT2D eigenvalue weighted by molar-refractivity contribution is 6.30. The number of amides is 1. The van der Waals surface area contributed by atoms with Gasteiger partial charge in [-0.3, -0.25) is 4.79 Å². The van der Waals surface area contributed by atoms with Gasteiger partial charge in [0.2, 0.25) is 0 Å². The van der Waals surface area contributed by atoms with Gasteiger partial charge in [0.15, 0.2) is 6.10 Å². The lowest BCUT2D eigenvalue weighted by Gasteiger charge is -2.53. The number of carbonyl (C=O) groups excluding carboxylic acids is 1. The van der Waals surface area contributed by atoms with Crippen molar-refractivity contribution in [2.45, 2.75) is 77.5 Å². The van der Waals surface area contributed by atoms with Crippen LogP contribution >= 0.6 is 11.6 Å². The van der Waals surface area contributed by atoms with E-state index in [4.69, 9.17) is 20.8 Å². The lowest BCUT2D eigenvalue weighted by Crippen LogP contribution is -2.58. The summed E-state index contributed by atoms with van der Waals surface area (Å²) in [5.74, 6) is 0.342. The van der Waals surface area contributed by atoms with Crippen molar-refractivity contribution in [2.24, 2.45) is 5.92 Å². The minimum Gasteiger partial charge on any atom is -0.480 e. The number of ether oxygens (including phenoxy) is 1. The Kier molecular flexibility index (Phi) is 6.84. The molecular weight excluding hydrogens is 490 g/mol. The van der Waals surface area contributed by atoms with E-state index in [-0.39, 0.29) is 23.5 Å². The number of benzene rings is 2. The van der Waals surface area contributed by atoms with E-state index in [1.165, 1.54) is 0 Å². The fourth-order valence-corrected chi connectivity index (χ4v) is 6.38. The van der Waals surface area contributed by atoms with Gasteiger partial charge in [0, 0.05) is 23.0 Å². The van der Waals surface area contributed by atoms with Gasteiger partial charge >= 0.3 is 5.63 Å². The maximum absolute atomic E-state index is 14.0. The number of fused-ring (bicyclic) bond motifs is 2. The van der Waals surface area contributed by atoms with Crippen LogP contribution in [0.2, 0.25) is 5.02 Å². The topological polar surface area (TPSA) is 80.0 Å². The van der Waals surface area contributed by atoms with Crippen LogP contribution in [-0.2, 0) is 4.79 Å². The van der Waals surface area contributed by atoms with Crippen molar-refractivity contribution in [1.29, 1.82) is 0 Å². The van der Waals surface area contributed by atoms with Crippen molar-refractivity contribution in [3.05, 3.63) is 74.1 Å². The van der Waals surface area contributed by atoms with E-state index < -0.39 is 11.7 Å². The molecule has 2 aliphatic rings. The molecule has 1 saturated carbocycles. The van der Waals surface area contributed by atoms with Crippen molar-refractivity contribution in [1.82, 2.24) is 4.90 Å². The summed E-state index contributed by atoms with van der Waals surface area (Å²) in [5, 5.41) is 12.9. The molecule has 6 nitrogen and oxygen atoms in total. The first-order valence-corrected chi connectivity index (χ1v) is 13.5. The molecule has 1 saturated heterocycles. The highest BCUT2D eigenvalue weighted by atomic mass is 35.5. The number of halogens is 1. The van der Waals surface area contributed by atoms with Crippen LogP contribution in [0.25, 0.3) is 11.0 Å². The molecule has 37 heavy (non-hydrogen) atoms. The molecule has 1 aliphatic carbocycles. The third-order valence-electron chi connectivity index (χ3n) is 8.37. The monoisotopic (exact) mass is 523 g/mol. The Hall–Kier alpha value is -2.83. The van der Waals surface area contributed by atoms with Crippen LogP contribution in [-0.4, -0.2) is 34.2 Å². The van der Waals surface area contributed by atoms with E-state index in [0.29, 0.717) is 40.3 Å². The highest BCUT2D eigenvalue weighted by Crippen LogP contribution is 2.49. The van der Waals surface area contributed by atoms with Gasteiger partial charge in [0.25, 0.3) is 5.91 Å². The normalized spacial score (nSPS) is 24.5. The number of hydrogen-bond acceptors (Lipinski definition) is 5. The first-order valence-electron chi connectivity index (χ1n) is 13.1. The van der Waals surface area contributed by atoms with E-state index in [2.05, 4.69) is 0 Å². The van der Waals surface area contributed by atoms with E-state index >= 15 is 0 Å². The lowest BCUT2D eigenvalue weighted by atomic mass is 9.66. The van der Waals surface area contributed by atoms with Crippen LogP contribution in [0, 0.1) is 26.7 Å². The number of aliphatic hydroxyl groups is 1. The van der Waals surface area contributed by atoms with E-state index in [1.807, 2.05) is 55.1 Å². The van der Waals surface area contributed by atoms with Gasteiger partial charge in [0.1, 0.15) is 11.3 Å². The van der Waals surface area contributed by atoms with Crippen molar-refractivity contribution in [3.63, 3.8) is 0 Å². The molecular formula is C30H34ClNO5. The minimum atomic E-state index is -0.777. The van der Waals surface area contributed by atoms with E-state index in [1.54, 1.807) is 13.8 Å². The summed E-state index contributed by atoms with van der Waals surface area (Å²) in [6, 6.07) is 11.0. The molecule has 3 aromatic rings. The van der Waals surface area contributed by atoms with Gasteiger partial charge < -0.3 is 19.2 Å². The molecule has 2 aromatic carbocycles. The lowest BCUT2D eigenvalue weighted by molar-refractivity contribution is -0.161. The number of nitrogens with zero attached hydrogens (tertiary/aromatic N) is 1. The van der Waals surface area contributed by atoms with Crippen LogP contribution in [0.5, 0.6) is 5.75 Å². The zero-order valence-corrected chi connectivity index (χ0v) is 22.6. The minimum absolute atomic E-state index is 0.0497. The zero-order chi connectivity index (χ0) is 26.5. The molecule has 5 rings (SSSR count). The third-order valence-corrected chi connectivity index (χ3v) is 8.62. The second-order valence-electron chi connectivity index (χ2n) is 10.8. The first kappa shape index (κ1) is 25.8. The van der Waals surface area contributed by atoms with Gasteiger partial charge in [-0.05, 0) is 87.9 Å². The smallest absolute Gasteiger partial charge is 0.339 e. The van der Waals surface area contributed by atoms with E-state index in [0.717, 1.165) is 42.4 Å². The Morgan fingerprint density at radius 1 is 1.14 bits per heavy atom. The molecule has 1 aromatic heterocycles. The fraction of sp³-hybridized carbons (Fsp3) is 0.467. The zero-order valence-electron chi connectivity index (χ0n) is 21.8. The largest absolute Gasteiger partial charge is 0.480 e. The summed E-state index contributed by atoms with van der Waals surface area (Å²) < 4.78 is 11.9. The molecule has 4 atom stereocenters. The van der Waals surface area contributed by atoms with Gasteiger partial charge in [-0.15, -0.1) is 0 Å². The van der Waals surface area contributed by atoms with Crippen LogP contribution < -0.4 is 10.4 Å². The summed E-state index contributed by atoms with van der Waals surface area (Å²) in [5.41, 5.74) is 2.46. The van der Waals surface area contributed by atoms with Gasteiger partial charge in [0.05, 0.1) is 17.0 Å². The molecule has 2 fully saturated rings. The van der Waals surface area contributed by atoms with Crippen molar-refractivity contribution in [2.75, 3.05) is 6.54 Å². The Morgan fingerprint density at radius 3 is 2.59 bits per heavy atom. The maximum atomic E-state index is 14.0. The van der Waals surface area contributed by atoms with Crippen molar-refractivity contribution in [3.8, 4) is 5.75 Å². The number of likely N-dealkylation sites (tertiary alicyclic amines) is 1. The Morgan fingerprint density at radius 2 is 1.86 bits per heavy atom. The number of hydrogen-bond donors (Lipinski definition) is 1. The van der Waals surface area contributed by atoms with Crippen molar-refractivity contribution < 1.29 is 19.1 Å². The Labute approximate surface area is 222 Å². The predicted octanol–water partition coefficient (Wildman–Crippen LogP) is 6.03. The average molecular weight is 524 g/mol. The number of aryl methyl sites for hydroxylation is 2. The van der Waals surface area contributed by atoms with Crippen LogP contribution in [0.15, 0.2) is 45.6 Å². The van der Waals surface area contributed by atoms with Gasteiger partial charge in [-0.1, -0.05) is 36.6 Å². The van der Waals surface area contributed by atoms with Crippen LogP contribution in [0.3, 0.4) is 0 Å². The second-order valence-corrected chi connectivity index (χ2v) is 11.2. The highest BCUT2D eigenvalue weighted by Gasteiger charge is 2.50. The summed E-state index contributed by atoms with van der Waals surface area (Å²) in [6.07, 6.45) is 3.43. The van der Waals surface area contributed by atoms with Gasteiger partial charge in [-0.25, -0.2) is 4.79 Å². The third kappa shape index (κ3) is 4.66. The molecule has 1 N–H and O–H groups in total. The maximum Gasteiger partial charge on any atom is 0.339 e. The van der Waals surface area contributed by atoms with Crippen LogP contribution in [0.4, 0.5) is 0 Å². The molecule has 0 radical (unpaired) electrons. The van der Waals surface area contributed by atoms with Gasteiger partial charge in [-0.2, -0.15) is 0 Å². The quantitative estimate of drug-likeness (QED) is 0.422. The fourth-order valence-electron chi connectivity index (χ4n) is 6.26. The molecule has 196 valence electrons. The summed E-state index contributed by atoms with van der Waals surface area (Å²) in [4.78, 5) is 28.1. The average Bonchev–Trinajstić information content (AvgIpc) is 2.86. The summed E-state index contributed by atoms with van der Waals surface area (Å²) in [7, 11) is 0. The second kappa shape index (κ2) is 9.80. The van der Waals surface area contributed by atoms with Crippen molar-refractivity contribution >= 4 is 28.5 Å². The molecule has 0 bridgehead atoms. The Bertz CT molecular complexity index is 1400. The summed E-state index contributed by atoms with van der Waals surface area (Å²) >= 11 is 6.17. The Balaban J connectivity index is 1.50. The first-order chi connectivity index (χ1) is 17.6. The molecule has 2 unspecified atom stereocenters. The standard InChI is InChI=1S/C30H34ClNO5/c1-17-15-24(26-18(2)19(3)29(34)37-25(26)16-17)36-20(4)28(33)32-14-13-30(35)12-6-5-7-23(30)27(32)21-8-10-22(31)11-9-21/h8-11,15-16,20,23,27,35H,5-7,12-14H2,1-4H3/t20?,23-,27?,30-/m0/s1. The SMILES string of the molecule is Cc1cc(OC(C)C(=O)N2CC[C@@]3(O)CCCC[C@H]3C2c2ccc(Cl)cc2)c2c(C)c(C)c(=O)oc2c1. The molecule has 0 spiro atoms. The van der Waals surface area contributed by atoms with Crippen LogP contribution in [0.1, 0.15) is 67.3 Å². The number of rotatable bonds is 4. The molecule has 1 amide bonds. The summed E-state index contributed by atoms with van der Waals surface area (Å²) in [6.45, 7) is 7.72. The van der Waals surface area contributed by atoms with E-state index in [9.17, 15) is 14.7 Å². The number of carbonyl (C=O) groups is 1.